The van der Waals surface area contributed by atoms with Crippen molar-refractivity contribution in [1.29, 1.82) is 0 Å². The number of carbonyl (C=O) groups excluding carboxylic acids is 3. The molecule has 10 heteroatoms. The summed E-state index contributed by atoms with van der Waals surface area (Å²) in [6.07, 6.45) is 2.58. The Morgan fingerprint density at radius 3 is 2.47 bits per heavy atom. The van der Waals surface area contributed by atoms with Crippen LogP contribution in [0.1, 0.15) is 45.0 Å². The Morgan fingerprint density at radius 1 is 1.17 bits per heavy atom. The van der Waals surface area contributed by atoms with Crippen molar-refractivity contribution >= 4 is 45.9 Å². The average Bonchev–Trinajstić information content (AvgIpc) is 3.03. The molecule has 0 saturated heterocycles. The molecule has 1 heterocycles. The fourth-order valence-corrected chi connectivity index (χ4v) is 3.60. The Labute approximate surface area is 176 Å². The van der Waals surface area contributed by atoms with E-state index in [1.54, 1.807) is 26.8 Å². The molecule has 0 unspecified atom stereocenters. The molecule has 0 spiro atoms. The lowest BCUT2D eigenvalue weighted by molar-refractivity contribution is -0.384. The lowest BCUT2D eigenvalue weighted by Crippen LogP contribution is -2.13. The first-order valence-corrected chi connectivity index (χ1v) is 9.81. The maximum Gasteiger partial charge on any atom is 0.348 e. The largest absolute Gasteiger partial charge is 0.462 e. The molecule has 158 valence electrons. The first kappa shape index (κ1) is 22.8. The van der Waals surface area contributed by atoms with Crippen molar-refractivity contribution in [1.82, 2.24) is 0 Å². The second-order valence-corrected chi connectivity index (χ2v) is 6.90. The lowest BCUT2D eigenvalue weighted by atomic mass is 10.1. The summed E-state index contributed by atoms with van der Waals surface area (Å²) in [5.41, 5.74) is 0.798. The highest BCUT2D eigenvalue weighted by atomic mass is 32.1. The topological polar surface area (TPSA) is 125 Å². The first-order valence-electron chi connectivity index (χ1n) is 8.99. The minimum absolute atomic E-state index is 0.0852. The maximum absolute atomic E-state index is 12.4. The van der Waals surface area contributed by atoms with Crippen LogP contribution in [0.3, 0.4) is 0 Å². The van der Waals surface area contributed by atoms with E-state index in [-0.39, 0.29) is 34.3 Å². The number of amides is 1. The van der Waals surface area contributed by atoms with Crippen LogP contribution in [-0.4, -0.2) is 36.0 Å². The molecule has 1 aromatic heterocycles. The molecule has 0 atom stereocenters. The third-order valence-electron chi connectivity index (χ3n) is 3.83. The van der Waals surface area contributed by atoms with E-state index >= 15 is 0 Å². The number of rotatable bonds is 8. The van der Waals surface area contributed by atoms with Crippen LogP contribution in [0, 0.1) is 17.0 Å². The van der Waals surface area contributed by atoms with Crippen molar-refractivity contribution in [3.8, 4) is 0 Å². The van der Waals surface area contributed by atoms with Crippen LogP contribution in [-0.2, 0) is 14.3 Å². The van der Waals surface area contributed by atoms with Crippen LogP contribution in [0.25, 0.3) is 6.08 Å². The molecule has 2 rings (SSSR count). The van der Waals surface area contributed by atoms with Crippen LogP contribution < -0.4 is 5.32 Å². The second kappa shape index (κ2) is 10.3. The number of hydrogen-bond donors (Lipinski definition) is 1. The van der Waals surface area contributed by atoms with Gasteiger partial charge in [-0.15, -0.1) is 11.3 Å². The van der Waals surface area contributed by atoms with Crippen molar-refractivity contribution in [2.45, 2.75) is 20.8 Å². The van der Waals surface area contributed by atoms with Crippen LogP contribution in [0.15, 0.2) is 30.3 Å². The predicted molar refractivity (Wildman–Crippen MR) is 112 cm³/mol. The molecule has 0 radical (unpaired) electrons. The number of hydrogen-bond acceptors (Lipinski definition) is 8. The van der Waals surface area contributed by atoms with Crippen LogP contribution in [0.4, 0.5) is 10.7 Å². The van der Waals surface area contributed by atoms with Gasteiger partial charge < -0.3 is 14.8 Å². The summed E-state index contributed by atoms with van der Waals surface area (Å²) < 4.78 is 10.0. The van der Waals surface area contributed by atoms with Crippen molar-refractivity contribution in [2.75, 3.05) is 18.5 Å². The first-order chi connectivity index (χ1) is 14.3. The number of anilines is 1. The molecule has 0 fully saturated rings. The van der Waals surface area contributed by atoms with Crippen LogP contribution in [0.5, 0.6) is 0 Å². The number of carbonyl (C=O) groups is 3. The number of nitrogens with zero attached hydrogens (tertiary/aromatic N) is 1. The Balaban J connectivity index is 2.29. The second-order valence-electron chi connectivity index (χ2n) is 5.88. The highest BCUT2D eigenvalue weighted by molar-refractivity contribution is 7.18. The summed E-state index contributed by atoms with van der Waals surface area (Å²) in [7, 11) is 0. The van der Waals surface area contributed by atoms with Gasteiger partial charge in [0.05, 0.1) is 23.7 Å². The predicted octanol–water partition coefficient (Wildman–Crippen LogP) is 3.97. The van der Waals surface area contributed by atoms with E-state index in [1.165, 1.54) is 30.4 Å². The van der Waals surface area contributed by atoms with E-state index < -0.39 is 22.8 Å². The van der Waals surface area contributed by atoms with Gasteiger partial charge in [-0.1, -0.05) is 12.1 Å². The summed E-state index contributed by atoms with van der Waals surface area (Å²) in [5.74, 6) is -1.85. The average molecular weight is 432 g/mol. The van der Waals surface area contributed by atoms with Gasteiger partial charge in [0.15, 0.2) is 0 Å². The molecule has 0 bridgehead atoms. The van der Waals surface area contributed by atoms with Crippen LogP contribution >= 0.6 is 11.3 Å². The smallest absolute Gasteiger partial charge is 0.348 e. The third kappa shape index (κ3) is 5.51. The normalized spacial score (nSPS) is 10.6. The number of benzene rings is 1. The molecule has 1 N–H and O–H groups in total. The highest BCUT2D eigenvalue weighted by Gasteiger charge is 2.27. The van der Waals surface area contributed by atoms with Gasteiger partial charge in [-0.25, -0.2) is 9.59 Å². The molecule has 1 amide bonds. The van der Waals surface area contributed by atoms with Crippen molar-refractivity contribution in [2.24, 2.45) is 0 Å². The van der Waals surface area contributed by atoms with E-state index in [9.17, 15) is 24.5 Å². The molecule has 30 heavy (non-hydrogen) atoms. The fraction of sp³-hybridized carbons (Fsp3) is 0.250. The van der Waals surface area contributed by atoms with Gasteiger partial charge in [0, 0.05) is 18.2 Å². The van der Waals surface area contributed by atoms with E-state index in [1.807, 2.05) is 0 Å². The summed E-state index contributed by atoms with van der Waals surface area (Å²) in [4.78, 5) is 47.4. The van der Waals surface area contributed by atoms with Gasteiger partial charge in [-0.2, -0.15) is 0 Å². The van der Waals surface area contributed by atoms with Crippen LogP contribution in [0.2, 0.25) is 0 Å². The standard InChI is InChI=1S/C20H20N2O7S/c1-4-28-19(24)16-12(3)17(20(25)29-5-2)30-18(16)21-15(23)10-9-13-7-6-8-14(11-13)22(26)27/h6-11H,4-5H2,1-3H3,(H,21,23)/b10-9+. The molecule has 0 aliphatic heterocycles. The number of non-ortho nitro benzene ring substituents is 1. The molecule has 2 aromatic rings. The van der Waals surface area contributed by atoms with Crippen molar-refractivity contribution < 1.29 is 28.8 Å². The molecule has 0 saturated carbocycles. The van der Waals surface area contributed by atoms with E-state index in [0.29, 0.717) is 11.1 Å². The zero-order chi connectivity index (χ0) is 22.3. The van der Waals surface area contributed by atoms with E-state index in [4.69, 9.17) is 9.47 Å². The Bertz CT molecular complexity index is 1010. The minimum Gasteiger partial charge on any atom is -0.462 e. The molecule has 0 aliphatic rings. The SMILES string of the molecule is CCOC(=O)c1sc(NC(=O)/C=C/c2cccc([N+](=O)[O-])c2)c(C(=O)OCC)c1C. The van der Waals surface area contributed by atoms with E-state index in [0.717, 1.165) is 11.3 Å². The van der Waals surface area contributed by atoms with Gasteiger partial charge >= 0.3 is 11.9 Å². The van der Waals surface area contributed by atoms with Gasteiger partial charge in [-0.3, -0.25) is 14.9 Å². The summed E-state index contributed by atoms with van der Waals surface area (Å²) >= 11 is 0.914. The molecule has 9 nitrogen and oxygen atoms in total. The quantitative estimate of drug-likeness (QED) is 0.289. The van der Waals surface area contributed by atoms with Gasteiger partial charge in [0.1, 0.15) is 9.88 Å². The molecular weight excluding hydrogens is 412 g/mol. The maximum atomic E-state index is 12.4. The Hall–Kier alpha value is -3.53. The van der Waals surface area contributed by atoms with Gasteiger partial charge in [0.25, 0.3) is 5.69 Å². The number of nitro benzene ring substituents is 1. The Morgan fingerprint density at radius 2 is 1.83 bits per heavy atom. The highest BCUT2D eigenvalue weighted by Crippen LogP contribution is 2.34. The van der Waals surface area contributed by atoms with Gasteiger partial charge in [0.2, 0.25) is 5.91 Å². The summed E-state index contributed by atoms with van der Waals surface area (Å²) in [5, 5.41) is 13.6. The summed E-state index contributed by atoms with van der Waals surface area (Å²) in [6, 6.07) is 5.77. The minimum atomic E-state index is -0.667. The Kier molecular flexibility index (Phi) is 7.82. The van der Waals surface area contributed by atoms with Gasteiger partial charge in [-0.05, 0) is 38.0 Å². The molecular formula is C20H20N2O7S. The molecule has 1 aromatic carbocycles. The fourth-order valence-electron chi connectivity index (χ4n) is 2.51. The summed E-state index contributed by atoms with van der Waals surface area (Å²) in [6.45, 7) is 5.17. The number of esters is 2. The lowest BCUT2D eigenvalue weighted by Gasteiger charge is -2.05. The molecule has 0 aliphatic carbocycles. The number of ether oxygens (including phenoxy) is 2. The van der Waals surface area contributed by atoms with E-state index in [2.05, 4.69) is 5.32 Å². The zero-order valence-electron chi connectivity index (χ0n) is 16.6. The monoisotopic (exact) mass is 432 g/mol. The zero-order valence-corrected chi connectivity index (χ0v) is 17.4. The van der Waals surface area contributed by atoms with Crippen molar-refractivity contribution in [3.05, 3.63) is 62.0 Å². The number of thiophene rings is 1. The number of nitro groups is 1. The number of nitrogens with one attached hydrogen (secondary N) is 1. The third-order valence-corrected chi connectivity index (χ3v) is 5.02. The van der Waals surface area contributed by atoms with Crippen molar-refractivity contribution in [3.63, 3.8) is 0 Å².